The maximum absolute atomic E-state index is 11.7. The maximum Gasteiger partial charge on any atom is 0.220 e. The van der Waals surface area contributed by atoms with E-state index < -0.39 is 0 Å². The van der Waals surface area contributed by atoms with Gasteiger partial charge in [0.25, 0.3) is 0 Å². The number of nitrogens with zero attached hydrogens (tertiary/aromatic N) is 1. The van der Waals surface area contributed by atoms with Gasteiger partial charge in [0.15, 0.2) is 0 Å². The summed E-state index contributed by atoms with van der Waals surface area (Å²) in [5.74, 6) is 0.0831. The SMILES string of the molecule is NCC1(CC(=O)NCc2ccn[nH]2)CCC1. The van der Waals surface area contributed by atoms with E-state index in [1.54, 1.807) is 6.20 Å². The molecule has 1 aliphatic carbocycles. The van der Waals surface area contributed by atoms with Crippen LogP contribution in [0.5, 0.6) is 0 Å². The normalized spacial score (nSPS) is 17.8. The first-order valence-electron chi connectivity index (χ1n) is 5.69. The molecular weight excluding hydrogens is 204 g/mol. The molecule has 0 aliphatic heterocycles. The van der Waals surface area contributed by atoms with E-state index in [1.807, 2.05) is 6.07 Å². The maximum atomic E-state index is 11.7. The molecular formula is C11H18N4O. The number of nitrogens with two attached hydrogens (primary N) is 1. The van der Waals surface area contributed by atoms with Gasteiger partial charge in [0.2, 0.25) is 5.91 Å². The van der Waals surface area contributed by atoms with Crippen LogP contribution in [0.4, 0.5) is 0 Å². The van der Waals surface area contributed by atoms with Gasteiger partial charge in [0, 0.05) is 12.6 Å². The zero-order chi connectivity index (χ0) is 11.4. The molecule has 1 heterocycles. The van der Waals surface area contributed by atoms with Gasteiger partial charge >= 0.3 is 0 Å². The summed E-state index contributed by atoms with van der Waals surface area (Å²) >= 11 is 0. The van der Waals surface area contributed by atoms with Crippen LogP contribution in [0.2, 0.25) is 0 Å². The second-order valence-corrected chi connectivity index (χ2v) is 4.59. The number of hydrogen-bond acceptors (Lipinski definition) is 3. The highest BCUT2D eigenvalue weighted by Crippen LogP contribution is 2.42. The number of hydrogen-bond donors (Lipinski definition) is 3. The lowest BCUT2D eigenvalue weighted by Gasteiger charge is -2.40. The lowest BCUT2D eigenvalue weighted by Crippen LogP contribution is -2.41. The smallest absolute Gasteiger partial charge is 0.220 e. The second kappa shape index (κ2) is 4.65. The van der Waals surface area contributed by atoms with Crippen LogP contribution in [0.1, 0.15) is 31.4 Å². The van der Waals surface area contributed by atoms with Crippen LogP contribution in [-0.2, 0) is 11.3 Å². The average Bonchev–Trinajstić information content (AvgIpc) is 2.73. The highest BCUT2D eigenvalue weighted by molar-refractivity contribution is 5.76. The molecule has 1 aromatic rings. The Balaban J connectivity index is 1.76. The Morgan fingerprint density at radius 2 is 2.44 bits per heavy atom. The third kappa shape index (κ3) is 2.41. The molecule has 0 radical (unpaired) electrons. The van der Waals surface area contributed by atoms with Gasteiger partial charge in [-0.05, 0) is 30.9 Å². The topological polar surface area (TPSA) is 83.8 Å². The van der Waals surface area contributed by atoms with E-state index in [1.165, 1.54) is 6.42 Å². The van der Waals surface area contributed by atoms with Crippen molar-refractivity contribution < 1.29 is 4.79 Å². The number of aromatic amines is 1. The molecule has 1 amide bonds. The molecule has 0 unspecified atom stereocenters. The minimum atomic E-state index is 0.0814. The van der Waals surface area contributed by atoms with Crippen LogP contribution in [0, 0.1) is 5.41 Å². The predicted molar refractivity (Wildman–Crippen MR) is 60.4 cm³/mol. The Morgan fingerprint density at radius 3 is 2.94 bits per heavy atom. The molecule has 0 bridgehead atoms. The Hall–Kier alpha value is -1.36. The van der Waals surface area contributed by atoms with Gasteiger partial charge < -0.3 is 11.1 Å². The summed E-state index contributed by atoms with van der Waals surface area (Å²) in [6.07, 6.45) is 5.60. The van der Waals surface area contributed by atoms with Gasteiger partial charge in [0.05, 0.1) is 12.2 Å². The Labute approximate surface area is 94.8 Å². The van der Waals surface area contributed by atoms with Crippen LogP contribution in [0.25, 0.3) is 0 Å². The third-order valence-corrected chi connectivity index (χ3v) is 3.42. The molecule has 5 heteroatoms. The fourth-order valence-corrected chi connectivity index (χ4v) is 2.11. The second-order valence-electron chi connectivity index (χ2n) is 4.59. The van der Waals surface area contributed by atoms with Crippen molar-refractivity contribution >= 4 is 5.91 Å². The molecule has 0 atom stereocenters. The van der Waals surface area contributed by atoms with Crippen molar-refractivity contribution in [2.45, 2.75) is 32.2 Å². The van der Waals surface area contributed by atoms with Crippen molar-refractivity contribution in [1.29, 1.82) is 0 Å². The minimum absolute atomic E-state index is 0.0814. The van der Waals surface area contributed by atoms with Crippen LogP contribution >= 0.6 is 0 Å². The number of rotatable bonds is 5. The molecule has 2 rings (SSSR count). The van der Waals surface area contributed by atoms with Gasteiger partial charge in [-0.25, -0.2) is 0 Å². The lowest BCUT2D eigenvalue weighted by atomic mass is 9.66. The predicted octanol–water partition coefficient (Wildman–Crippen LogP) is 0.545. The molecule has 4 N–H and O–H groups in total. The first kappa shape index (κ1) is 11.1. The van der Waals surface area contributed by atoms with Crippen molar-refractivity contribution in [1.82, 2.24) is 15.5 Å². The highest BCUT2D eigenvalue weighted by Gasteiger charge is 2.37. The molecule has 1 saturated carbocycles. The van der Waals surface area contributed by atoms with Crippen molar-refractivity contribution in [3.8, 4) is 0 Å². The standard InChI is InChI=1S/C11H18N4O/c12-8-11(3-1-4-11)6-10(16)13-7-9-2-5-14-15-9/h2,5H,1,3-4,6-8,12H2,(H,13,16)(H,14,15). The number of carbonyl (C=O) groups is 1. The lowest BCUT2D eigenvalue weighted by molar-refractivity contribution is -0.124. The summed E-state index contributed by atoms with van der Waals surface area (Å²) in [4.78, 5) is 11.7. The Morgan fingerprint density at radius 1 is 1.62 bits per heavy atom. The summed E-state index contributed by atoms with van der Waals surface area (Å²) < 4.78 is 0. The molecule has 1 aliphatic rings. The van der Waals surface area contributed by atoms with E-state index in [0.29, 0.717) is 19.5 Å². The molecule has 0 spiro atoms. The quantitative estimate of drug-likeness (QED) is 0.680. The molecule has 1 aromatic heterocycles. The molecule has 0 saturated heterocycles. The van der Waals surface area contributed by atoms with Gasteiger partial charge in [0.1, 0.15) is 0 Å². The van der Waals surface area contributed by atoms with Crippen molar-refractivity contribution in [2.24, 2.45) is 11.1 Å². The number of H-pyrrole nitrogens is 1. The Kier molecular flexibility index (Phi) is 3.24. The van der Waals surface area contributed by atoms with E-state index in [0.717, 1.165) is 18.5 Å². The average molecular weight is 222 g/mol. The fourth-order valence-electron chi connectivity index (χ4n) is 2.11. The molecule has 16 heavy (non-hydrogen) atoms. The third-order valence-electron chi connectivity index (χ3n) is 3.42. The highest BCUT2D eigenvalue weighted by atomic mass is 16.1. The van der Waals surface area contributed by atoms with E-state index in [9.17, 15) is 4.79 Å². The summed E-state index contributed by atoms with van der Waals surface area (Å²) in [7, 11) is 0. The molecule has 1 fully saturated rings. The first-order chi connectivity index (χ1) is 7.74. The van der Waals surface area contributed by atoms with Crippen LogP contribution < -0.4 is 11.1 Å². The summed E-state index contributed by atoms with van der Waals surface area (Å²) in [5, 5.41) is 9.51. The summed E-state index contributed by atoms with van der Waals surface area (Å²) in [6, 6.07) is 1.85. The van der Waals surface area contributed by atoms with Crippen molar-refractivity contribution in [3.63, 3.8) is 0 Å². The fraction of sp³-hybridized carbons (Fsp3) is 0.636. The molecule has 88 valence electrons. The zero-order valence-corrected chi connectivity index (χ0v) is 9.33. The van der Waals surface area contributed by atoms with Crippen molar-refractivity contribution in [2.75, 3.05) is 6.54 Å². The van der Waals surface area contributed by atoms with Gasteiger partial charge in [-0.15, -0.1) is 0 Å². The molecule has 0 aromatic carbocycles. The van der Waals surface area contributed by atoms with Crippen LogP contribution in [-0.4, -0.2) is 22.6 Å². The van der Waals surface area contributed by atoms with Crippen molar-refractivity contribution in [3.05, 3.63) is 18.0 Å². The van der Waals surface area contributed by atoms with Crippen LogP contribution in [0.15, 0.2) is 12.3 Å². The largest absolute Gasteiger partial charge is 0.350 e. The van der Waals surface area contributed by atoms with Gasteiger partial charge in [-0.3, -0.25) is 9.89 Å². The minimum Gasteiger partial charge on any atom is -0.350 e. The van der Waals surface area contributed by atoms with E-state index >= 15 is 0 Å². The number of aromatic nitrogens is 2. The van der Waals surface area contributed by atoms with E-state index in [2.05, 4.69) is 15.5 Å². The van der Waals surface area contributed by atoms with Gasteiger partial charge in [-0.1, -0.05) is 6.42 Å². The first-order valence-corrected chi connectivity index (χ1v) is 5.69. The summed E-state index contributed by atoms with van der Waals surface area (Å²) in [5.41, 5.74) is 6.71. The van der Waals surface area contributed by atoms with Crippen LogP contribution in [0.3, 0.4) is 0 Å². The van der Waals surface area contributed by atoms with E-state index in [-0.39, 0.29) is 11.3 Å². The summed E-state index contributed by atoms with van der Waals surface area (Å²) in [6.45, 7) is 1.13. The van der Waals surface area contributed by atoms with E-state index in [4.69, 9.17) is 5.73 Å². The number of carbonyl (C=O) groups excluding carboxylic acids is 1. The van der Waals surface area contributed by atoms with Gasteiger partial charge in [-0.2, -0.15) is 5.10 Å². The Bertz CT molecular complexity index is 337. The molecule has 5 nitrogen and oxygen atoms in total. The zero-order valence-electron chi connectivity index (χ0n) is 9.33. The number of nitrogens with one attached hydrogen (secondary N) is 2. The number of amides is 1. The monoisotopic (exact) mass is 222 g/mol.